The van der Waals surface area contributed by atoms with E-state index in [2.05, 4.69) is 4.74 Å². The maximum absolute atomic E-state index is 13.4. The van der Waals surface area contributed by atoms with E-state index < -0.39 is 21.3 Å². The van der Waals surface area contributed by atoms with E-state index in [9.17, 15) is 22.0 Å². The topological polar surface area (TPSA) is 80.7 Å². The third kappa shape index (κ3) is 2.74. The van der Waals surface area contributed by atoms with Crippen LogP contribution in [0.4, 0.5) is 8.78 Å². The molecule has 5 rings (SSSR count). The lowest BCUT2D eigenvalue weighted by molar-refractivity contribution is -0.163. The zero-order valence-electron chi connectivity index (χ0n) is 14.0. The predicted molar refractivity (Wildman–Crippen MR) is 92.1 cm³/mol. The summed E-state index contributed by atoms with van der Waals surface area (Å²) in [4.78, 5) is 11.5. The van der Waals surface area contributed by atoms with Gasteiger partial charge in [-0.05, 0) is 28.7 Å². The van der Waals surface area contributed by atoms with Gasteiger partial charge in [0.25, 0.3) is 0 Å². The van der Waals surface area contributed by atoms with Gasteiger partial charge in [-0.3, -0.25) is 4.55 Å². The van der Waals surface area contributed by atoms with E-state index in [-0.39, 0.29) is 24.4 Å². The molecule has 1 unspecified atom stereocenters. The Labute approximate surface area is 154 Å². The summed E-state index contributed by atoms with van der Waals surface area (Å²) in [5.41, 5.74) is 4.48. The standard InChI is InChI=1S/C19H16F2O5S/c20-19(21,27(23,24)25)18(22)26-10-11-9-16-12-5-1-3-7-14(12)17(11)15-8-4-2-6-13(15)16/h1-8,11,16-17H,9-10H2,(H,23,24,25). The van der Waals surface area contributed by atoms with Crippen molar-refractivity contribution in [1.82, 2.24) is 0 Å². The van der Waals surface area contributed by atoms with Gasteiger partial charge in [-0.25, -0.2) is 4.79 Å². The summed E-state index contributed by atoms with van der Waals surface area (Å²) in [6.07, 6.45) is 0.601. The number of carbonyl (C=O) groups excluding carboxylic acids is 1. The second-order valence-electron chi connectivity index (χ2n) is 6.87. The summed E-state index contributed by atoms with van der Waals surface area (Å²) >= 11 is 0. The Morgan fingerprint density at radius 1 is 1.04 bits per heavy atom. The second-order valence-corrected chi connectivity index (χ2v) is 8.34. The fourth-order valence-corrected chi connectivity index (χ4v) is 4.56. The van der Waals surface area contributed by atoms with Crippen LogP contribution < -0.4 is 0 Å². The fourth-order valence-electron chi connectivity index (χ4n) is 4.29. The van der Waals surface area contributed by atoms with Crippen LogP contribution in [0.1, 0.15) is 40.5 Å². The summed E-state index contributed by atoms with van der Waals surface area (Å²) in [6, 6.07) is 15.7. The highest BCUT2D eigenvalue weighted by Gasteiger charge is 2.54. The van der Waals surface area contributed by atoms with Gasteiger partial charge in [-0.1, -0.05) is 48.5 Å². The Hall–Kier alpha value is -2.32. The van der Waals surface area contributed by atoms with Crippen LogP contribution in [0.3, 0.4) is 0 Å². The fraction of sp³-hybridized carbons (Fsp3) is 0.316. The van der Waals surface area contributed by atoms with Crippen LogP contribution in [-0.4, -0.2) is 30.8 Å². The lowest BCUT2D eigenvalue weighted by Gasteiger charge is -2.45. The number of hydrogen-bond donors (Lipinski definition) is 1. The van der Waals surface area contributed by atoms with Crippen molar-refractivity contribution in [2.24, 2.45) is 5.92 Å². The Balaban J connectivity index is 1.63. The first-order chi connectivity index (χ1) is 12.7. The number of halogens is 2. The van der Waals surface area contributed by atoms with E-state index in [1.807, 2.05) is 48.5 Å². The van der Waals surface area contributed by atoms with Gasteiger partial charge in [0.15, 0.2) is 0 Å². The van der Waals surface area contributed by atoms with Crippen molar-refractivity contribution in [3.05, 3.63) is 70.8 Å². The van der Waals surface area contributed by atoms with Crippen molar-refractivity contribution >= 4 is 16.1 Å². The average molecular weight is 394 g/mol. The smallest absolute Gasteiger partial charge is 0.460 e. The Bertz CT molecular complexity index is 971. The number of esters is 1. The number of alkyl halides is 2. The van der Waals surface area contributed by atoms with Gasteiger partial charge in [0.1, 0.15) is 0 Å². The molecule has 142 valence electrons. The lowest BCUT2D eigenvalue weighted by atomic mass is 9.59. The quantitative estimate of drug-likeness (QED) is 0.636. The monoisotopic (exact) mass is 394 g/mol. The Kier molecular flexibility index (Phi) is 4.08. The number of rotatable bonds is 4. The summed E-state index contributed by atoms with van der Waals surface area (Å²) in [7, 11) is -5.87. The van der Waals surface area contributed by atoms with Crippen molar-refractivity contribution in [2.75, 3.05) is 6.61 Å². The summed E-state index contributed by atoms with van der Waals surface area (Å²) in [5.74, 6) is -2.59. The minimum atomic E-state index is -5.87. The Morgan fingerprint density at radius 3 is 2.00 bits per heavy atom. The maximum Gasteiger partial charge on any atom is 0.465 e. The van der Waals surface area contributed by atoms with Crippen LogP contribution >= 0.6 is 0 Å². The first-order valence-electron chi connectivity index (χ1n) is 8.41. The van der Waals surface area contributed by atoms with E-state index in [0.29, 0.717) is 6.42 Å². The molecule has 2 aromatic rings. The van der Waals surface area contributed by atoms with Crippen LogP contribution in [0.15, 0.2) is 48.5 Å². The molecule has 2 bridgehead atoms. The zero-order chi connectivity index (χ0) is 19.4. The van der Waals surface area contributed by atoms with Crippen molar-refractivity contribution in [1.29, 1.82) is 0 Å². The molecule has 27 heavy (non-hydrogen) atoms. The van der Waals surface area contributed by atoms with Gasteiger partial charge < -0.3 is 4.74 Å². The molecule has 0 radical (unpaired) electrons. The van der Waals surface area contributed by atoms with Crippen LogP contribution in [0.25, 0.3) is 0 Å². The van der Waals surface area contributed by atoms with Crippen LogP contribution in [0, 0.1) is 5.92 Å². The third-order valence-corrected chi connectivity index (χ3v) is 6.23. The molecule has 1 atom stereocenters. The van der Waals surface area contributed by atoms with Gasteiger partial charge in [-0.15, -0.1) is 0 Å². The van der Waals surface area contributed by atoms with E-state index in [1.165, 1.54) is 11.1 Å². The predicted octanol–water partition coefficient (Wildman–Crippen LogP) is 3.31. The third-order valence-electron chi connectivity index (χ3n) is 5.41. The first-order valence-corrected chi connectivity index (χ1v) is 9.85. The summed E-state index contributed by atoms with van der Waals surface area (Å²) in [6.45, 7) is -0.353. The van der Waals surface area contributed by atoms with Crippen molar-refractivity contribution in [3.63, 3.8) is 0 Å². The summed E-state index contributed by atoms with van der Waals surface area (Å²) < 4.78 is 61.4. The van der Waals surface area contributed by atoms with Crippen LogP contribution in [0.2, 0.25) is 0 Å². The first kappa shape index (κ1) is 18.1. The molecule has 0 fully saturated rings. The normalized spacial score (nSPS) is 23.4. The van der Waals surface area contributed by atoms with Gasteiger partial charge in [0.05, 0.1) is 6.61 Å². The lowest BCUT2D eigenvalue weighted by Crippen LogP contribution is -2.41. The highest BCUT2D eigenvalue weighted by Crippen LogP contribution is 2.55. The molecule has 0 saturated heterocycles. The van der Waals surface area contributed by atoms with E-state index in [4.69, 9.17) is 4.55 Å². The zero-order valence-corrected chi connectivity index (χ0v) is 14.8. The number of benzene rings is 2. The average Bonchev–Trinajstić information content (AvgIpc) is 2.65. The molecule has 0 saturated carbocycles. The largest absolute Gasteiger partial charge is 0.465 e. The highest BCUT2D eigenvalue weighted by molar-refractivity contribution is 7.87. The molecule has 0 heterocycles. The Morgan fingerprint density at radius 2 is 1.52 bits per heavy atom. The molecule has 0 amide bonds. The molecule has 8 heteroatoms. The molecular formula is C19H16F2O5S. The molecule has 0 spiro atoms. The van der Waals surface area contributed by atoms with Crippen LogP contribution in [-0.2, 0) is 19.6 Å². The molecule has 3 aliphatic rings. The summed E-state index contributed by atoms with van der Waals surface area (Å²) in [5, 5.41) is -4.98. The second kappa shape index (κ2) is 6.10. The minimum Gasteiger partial charge on any atom is -0.460 e. The van der Waals surface area contributed by atoms with Crippen molar-refractivity contribution in [3.8, 4) is 0 Å². The molecule has 2 aromatic carbocycles. The molecule has 5 nitrogen and oxygen atoms in total. The number of fused-ring (bicyclic) bond motifs is 1. The van der Waals surface area contributed by atoms with E-state index in [1.54, 1.807) is 0 Å². The van der Waals surface area contributed by atoms with Crippen molar-refractivity contribution in [2.45, 2.75) is 23.5 Å². The maximum atomic E-state index is 13.4. The SMILES string of the molecule is O=C(OCC1CC2c3ccccc3C1c1ccccc12)C(F)(F)S(=O)(=O)O. The number of ether oxygens (including phenoxy) is 1. The van der Waals surface area contributed by atoms with E-state index in [0.717, 1.165) is 11.1 Å². The highest BCUT2D eigenvalue weighted by atomic mass is 32.2. The van der Waals surface area contributed by atoms with E-state index >= 15 is 0 Å². The van der Waals surface area contributed by atoms with Crippen LogP contribution in [0.5, 0.6) is 0 Å². The molecule has 0 aliphatic heterocycles. The number of carbonyl (C=O) groups is 1. The van der Waals surface area contributed by atoms with Gasteiger partial charge in [0.2, 0.25) is 0 Å². The minimum absolute atomic E-state index is 0.0631. The molecular weight excluding hydrogens is 378 g/mol. The molecule has 3 aliphatic carbocycles. The molecule has 0 aromatic heterocycles. The van der Waals surface area contributed by atoms with Gasteiger partial charge >= 0.3 is 21.3 Å². The van der Waals surface area contributed by atoms with Gasteiger partial charge in [0, 0.05) is 17.8 Å². The van der Waals surface area contributed by atoms with Crippen molar-refractivity contribution < 1.29 is 31.3 Å². The molecule has 1 N–H and O–H groups in total. The van der Waals surface area contributed by atoms with Gasteiger partial charge in [-0.2, -0.15) is 17.2 Å². The number of hydrogen-bond acceptors (Lipinski definition) is 4.